The number of nitrogens with zero attached hydrogens (tertiary/aromatic N) is 3. The third kappa shape index (κ3) is 4.39. The van der Waals surface area contributed by atoms with Crippen LogP contribution in [0.2, 0.25) is 0 Å². The monoisotopic (exact) mass is 538 g/mol. The number of carbonyl (C=O) groups is 2. The van der Waals surface area contributed by atoms with Gasteiger partial charge in [0.25, 0.3) is 11.8 Å². The average molecular weight is 539 g/mol. The Kier molecular flexibility index (Phi) is 6.34. The van der Waals surface area contributed by atoms with Crippen molar-refractivity contribution in [2.45, 2.75) is 25.8 Å². The summed E-state index contributed by atoms with van der Waals surface area (Å²) >= 11 is 0. The molecule has 2 amide bonds. The van der Waals surface area contributed by atoms with Gasteiger partial charge in [-0.2, -0.15) is 0 Å². The molecule has 0 spiro atoms. The Hall–Kier alpha value is -4.92. The summed E-state index contributed by atoms with van der Waals surface area (Å²) in [6.45, 7) is 1.83. The Morgan fingerprint density at radius 2 is 1.77 bits per heavy atom. The van der Waals surface area contributed by atoms with Crippen molar-refractivity contribution >= 4 is 28.6 Å². The highest BCUT2D eigenvalue weighted by Crippen LogP contribution is 2.40. The molecular weight excluding hydrogens is 514 g/mol. The molecule has 0 aliphatic heterocycles. The number of halogens is 2. The molecule has 40 heavy (non-hydrogen) atoms. The van der Waals surface area contributed by atoms with Crippen LogP contribution in [0.3, 0.4) is 0 Å². The summed E-state index contributed by atoms with van der Waals surface area (Å²) < 4.78 is 35.8. The molecule has 0 bridgehead atoms. The van der Waals surface area contributed by atoms with Gasteiger partial charge >= 0.3 is 0 Å². The van der Waals surface area contributed by atoms with Gasteiger partial charge in [0.1, 0.15) is 23.0 Å². The number of aryl methyl sites for hydroxylation is 1. The van der Waals surface area contributed by atoms with Crippen LogP contribution in [0.15, 0.2) is 77.6 Å². The predicted octanol–water partition coefficient (Wildman–Crippen LogP) is 6.31. The summed E-state index contributed by atoms with van der Waals surface area (Å²) in [5.41, 5.74) is 2.47. The van der Waals surface area contributed by atoms with Crippen molar-refractivity contribution in [2.24, 2.45) is 0 Å². The number of benzene rings is 3. The first-order valence-corrected chi connectivity index (χ1v) is 12.8. The molecule has 6 rings (SSSR count). The highest BCUT2D eigenvalue weighted by atomic mass is 19.1. The van der Waals surface area contributed by atoms with Gasteiger partial charge in [-0.25, -0.2) is 13.8 Å². The first kappa shape index (κ1) is 25.4. The summed E-state index contributed by atoms with van der Waals surface area (Å²) in [6.07, 6.45) is 6.37. The minimum atomic E-state index is -0.658. The van der Waals surface area contributed by atoms with Crippen LogP contribution in [-0.2, 0) is 0 Å². The average Bonchev–Trinajstić information content (AvgIpc) is 3.72. The molecule has 0 radical (unpaired) electrons. The van der Waals surface area contributed by atoms with Crippen LogP contribution in [-0.4, -0.2) is 34.9 Å². The zero-order valence-corrected chi connectivity index (χ0v) is 21.7. The maximum Gasteiger partial charge on any atom is 0.259 e. The van der Waals surface area contributed by atoms with Crippen LogP contribution in [0, 0.1) is 18.6 Å². The van der Waals surface area contributed by atoms with Gasteiger partial charge in [-0.05, 0) is 79.4 Å². The van der Waals surface area contributed by atoms with Gasteiger partial charge in [-0.1, -0.05) is 6.07 Å². The van der Waals surface area contributed by atoms with Crippen LogP contribution >= 0.6 is 0 Å². The molecule has 0 saturated heterocycles. The smallest absolute Gasteiger partial charge is 0.259 e. The van der Waals surface area contributed by atoms with Crippen LogP contribution in [0.1, 0.15) is 39.1 Å². The zero-order valence-electron chi connectivity index (χ0n) is 21.7. The molecule has 0 unspecified atom stereocenters. The van der Waals surface area contributed by atoms with Crippen LogP contribution in [0.5, 0.6) is 0 Å². The lowest BCUT2D eigenvalue weighted by molar-refractivity contribution is 0.0961. The third-order valence-electron chi connectivity index (χ3n) is 7.06. The molecule has 3 aromatic carbocycles. The van der Waals surface area contributed by atoms with Gasteiger partial charge in [0.15, 0.2) is 5.82 Å². The standard InChI is InChI=1S/C31H24F2N4O3/c1-17-3-4-19(31(39)37(21-9-10-21)25-16-35-13-14-36-25)15-23(17)22-11-12-24-26(28(22)33)27(30(38)34-2)29(40-24)18-5-7-20(32)8-6-18/h3-8,11-16,21H,9-10H2,1-2H3,(H,34,38). The summed E-state index contributed by atoms with van der Waals surface area (Å²) in [7, 11) is 1.44. The maximum atomic E-state index is 16.4. The van der Waals surface area contributed by atoms with E-state index in [0.717, 1.165) is 18.4 Å². The third-order valence-corrected chi connectivity index (χ3v) is 7.06. The van der Waals surface area contributed by atoms with E-state index in [1.807, 2.05) is 6.92 Å². The minimum Gasteiger partial charge on any atom is -0.455 e. The first-order chi connectivity index (χ1) is 19.4. The highest BCUT2D eigenvalue weighted by Gasteiger charge is 2.35. The Bertz CT molecular complexity index is 1760. The largest absolute Gasteiger partial charge is 0.455 e. The maximum absolute atomic E-state index is 16.4. The number of aromatic nitrogens is 2. The first-order valence-electron chi connectivity index (χ1n) is 12.8. The number of hydrogen-bond acceptors (Lipinski definition) is 5. The van der Waals surface area contributed by atoms with Crippen molar-refractivity contribution in [3.8, 4) is 22.5 Å². The molecule has 1 fully saturated rings. The second kappa shape index (κ2) is 10.00. The van der Waals surface area contributed by atoms with Crippen molar-refractivity contribution in [3.63, 3.8) is 0 Å². The van der Waals surface area contributed by atoms with E-state index in [1.165, 1.54) is 37.5 Å². The van der Waals surface area contributed by atoms with Gasteiger partial charge in [-0.15, -0.1) is 0 Å². The lowest BCUT2D eigenvalue weighted by atomic mass is 9.94. The van der Waals surface area contributed by atoms with E-state index in [1.54, 1.807) is 47.6 Å². The molecule has 1 aliphatic carbocycles. The van der Waals surface area contributed by atoms with Crippen molar-refractivity contribution < 1.29 is 22.8 Å². The topological polar surface area (TPSA) is 88.3 Å². The van der Waals surface area contributed by atoms with Crippen molar-refractivity contribution in [2.75, 3.05) is 11.9 Å². The molecule has 5 aromatic rings. The Balaban J connectivity index is 1.48. The summed E-state index contributed by atoms with van der Waals surface area (Å²) in [5.74, 6) is -1.30. The fourth-order valence-electron chi connectivity index (χ4n) is 4.89. The fourth-order valence-corrected chi connectivity index (χ4v) is 4.89. The zero-order chi connectivity index (χ0) is 28.0. The van der Waals surface area contributed by atoms with Crippen molar-refractivity contribution in [3.05, 3.63) is 102 Å². The molecule has 2 aromatic heterocycles. The lowest BCUT2D eigenvalue weighted by Crippen LogP contribution is -2.33. The van der Waals surface area contributed by atoms with E-state index in [2.05, 4.69) is 15.3 Å². The van der Waals surface area contributed by atoms with Crippen molar-refractivity contribution in [1.29, 1.82) is 0 Å². The molecular formula is C31H24F2N4O3. The Morgan fingerprint density at radius 3 is 2.45 bits per heavy atom. The number of furan rings is 1. The second-order valence-corrected chi connectivity index (χ2v) is 9.69. The number of rotatable bonds is 6. The number of fused-ring (bicyclic) bond motifs is 1. The Labute approximate surface area is 228 Å². The SMILES string of the molecule is CNC(=O)c1c(-c2ccc(F)cc2)oc2ccc(-c3cc(C(=O)N(c4cnccn4)C4CC4)ccc3C)c(F)c12. The van der Waals surface area contributed by atoms with Crippen LogP contribution in [0.4, 0.5) is 14.6 Å². The fraction of sp³-hybridized carbons (Fsp3) is 0.161. The minimum absolute atomic E-state index is 0.00599. The van der Waals surface area contributed by atoms with Gasteiger partial charge < -0.3 is 9.73 Å². The molecule has 0 atom stereocenters. The number of amides is 2. The predicted molar refractivity (Wildman–Crippen MR) is 147 cm³/mol. The molecule has 1 aliphatic rings. The lowest BCUT2D eigenvalue weighted by Gasteiger charge is -2.21. The summed E-state index contributed by atoms with van der Waals surface area (Å²) in [4.78, 5) is 36.7. The molecule has 2 heterocycles. The van der Waals surface area contributed by atoms with Gasteiger partial charge in [0, 0.05) is 42.2 Å². The number of hydrogen-bond donors (Lipinski definition) is 1. The second-order valence-electron chi connectivity index (χ2n) is 9.69. The van der Waals surface area contributed by atoms with Gasteiger partial charge in [0.2, 0.25) is 0 Å². The normalized spacial score (nSPS) is 12.9. The number of anilines is 1. The van der Waals surface area contributed by atoms with E-state index >= 15 is 4.39 Å². The molecule has 1 saturated carbocycles. The molecule has 200 valence electrons. The summed E-state index contributed by atoms with van der Waals surface area (Å²) in [5, 5.41) is 2.55. The molecule has 7 nitrogen and oxygen atoms in total. The van der Waals surface area contributed by atoms with E-state index in [-0.39, 0.29) is 39.8 Å². The van der Waals surface area contributed by atoms with E-state index in [4.69, 9.17) is 4.42 Å². The molecule has 9 heteroatoms. The quantitative estimate of drug-likeness (QED) is 0.274. The molecule has 1 N–H and O–H groups in total. The van der Waals surface area contributed by atoms with E-state index < -0.39 is 17.5 Å². The Morgan fingerprint density at radius 1 is 1.00 bits per heavy atom. The highest BCUT2D eigenvalue weighted by molar-refractivity contribution is 6.12. The van der Waals surface area contributed by atoms with Crippen LogP contribution < -0.4 is 10.2 Å². The van der Waals surface area contributed by atoms with E-state index in [0.29, 0.717) is 22.5 Å². The summed E-state index contributed by atoms with van der Waals surface area (Å²) in [6, 6.07) is 13.8. The van der Waals surface area contributed by atoms with Gasteiger partial charge in [-0.3, -0.25) is 19.5 Å². The van der Waals surface area contributed by atoms with Crippen LogP contribution in [0.25, 0.3) is 33.4 Å². The van der Waals surface area contributed by atoms with Crippen molar-refractivity contribution in [1.82, 2.24) is 15.3 Å². The van der Waals surface area contributed by atoms with Gasteiger partial charge in [0.05, 0.1) is 17.1 Å². The number of nitrogens with one attached hydrogen (secondary N) is 1. The van der Waals surface area contributed by atoms with E-state index in [9.17, 15) is 14.0 Å². The number of carbonyl (C=O) groups excluding carboxylic acids is 2.